The molecule has 0 aromatic heterocycles. The number of ether oxygens (including phenoxy) is 6. The number of aliphatic hydroxyl groups is 2. The summed E-state index contributed by atoms with van der Waals surface area (Å²) in [5.74, 6) is -2.40. The van der Waals surface area contributed by atoms with Crippen molar-refractivity contribution in [1.82, 2.24) is 31.5 Å². The van der Waals surface area contributed by atoms with Gasteiger partial charge in [-0.15, -0.1) is 6.42 Å². The molecule has 0 bridgehead atoms. The summed E-state index contributed by atoms with van der Waals surface area (Å²) in [7, 11) is 0. The first-order valence-electron chi connectivity index (χ1n) is 19.2. The van der Waals surface area contributed by atoms with Crippen LogP contribution in [0.4, 0.5) is 0 Å². The Morgan fingerprint density at radius 1 is 0.814 bits per heavy atom. The van der Waals surface area contributed by atoms with Crippen molar-refractivity contribution in [1.29, 1.82) is 0 Å². The molecule has 0 unspecified atom stereocenters. The zero-order chi connectivity index (χ0) is 43.7. The molecule has 22 heteroatoms. The minimum atomic E-state index is -1.31. The van der Waals surface area contributed by atoms with Gasteiger partial charge in [-0.3, -0.25) is 28.8 Å². The normalized spacial score (nSPS) is 15.1. The van der Waals surface area contributed by atoms with Gasteiger partial charge < -0.3 is 75.2 Å². The summed E-state index contributed by atoms with van der Waals surface area (Å²) in [4.78, 5) is 86.4. The summed E-state index contributed by atoms with van der Waals surface area (Å²) in [5.41, 5.74) is 0. The fourth-order valence-corrected chi connectivity index (χ4v) is 5.17. The molecule has 0 aromatic rings. The van der Waals surface area contributed by atoms with Gasteiger partial charge in [0.2, 0.25) is 41.2 Å². The fourth-order valence-electron chi connectivity index (χ4n) is 5.17. The van der Waals surface area contributed by atoms with E-state index in [9.17, 15) is 43.8 Å². The van der Waals surface area contributed by atoms with Crippen LogP contribution in [0.5, 0.6) is 0 Å². The maximum Gasteiger partial charge on any atom is 0.370 e. The van der Waals surface area contributed by atoms with Gasteiger partial charge >= 0.3 is 5.97 Å². The standard InChI is InChI=1S/C37H60N6O16/c1-3-15-54-17-19-56-21-22-57-20-18-55-16-9-35(51)43(23-31(47)38-10-4-12-40-33(49)25-45)24-32(48)39-11-5-13-41-34(50)26-58-29(8-14-44)36-28(42-27(2)46)6-7-30(59-36)37(52)53/h1,7,28-29,36,44-45H,4-6,8-26H2,2H3,(H,38,47)(H,39,48)(H,40,49)(H,41,50)(H,42,46)(H,52,53)/t28-,29-,36-/m1/s1. The van der Waals surface area contributed by atoms with E-state index in [1.807, 2.05) is 0 Å². The highest BCUT2D eigenvalue weighted by Crippen LogP contribution is 2.24. The average molecular weight is 845 g/mol. The van der Waals surface area contributed by atoms with Gasteiger partial charge in [-0.25, -0.2) is 4.79 Å². The van der Waals surface area contributed by atoms with Crippen LogP contribution in [0.15, 0.2) is 11.8 Å². The molecule has 6 amide bonds. The van der Waals surface area contributed by atoms with Crippen LogP contribution in [-0.2, 0) is 62.0 Å². The maximum absolute atomic E-state index is 13.0. The van der Waals surface area contributed by atoms with E-state index in [0.29, 0.717) is 32.8 Å². The van der Waals surface area contributed by atoms with E-state index < -0.39 is 80.1 Å². The second-order valence-corrected chi connectivity index (χ2v) is 12.7. The van der Waals surface area contributed by atoms with Crippen molar-refractivity contribution in [3.63, 3.8) is 0 Å². The number of carbonyl (C=O) groups excluding carboxylic acids is 6. The summed E-state index contributed by atoms with van der Waals surface area (Å²) in [6.07, 6.45) is 5.13. The molecule has 59 heavy (non-hydrogen) atoms. The Bertz CT molecular complexity index is 1380. The molecule has 8 N–H and O–H groups in total. The number of aliphatic hydroxyl groups excluding tert-OH is 2. The predicted octanol–water partition coefficient (Wildman–Crippen LogP) is -3.83. The number of hydrogen-bond donors (Lipinski definition) is 8. The van der Waals surface area contributed by atoms with Gasteiger partial charge in [0.25, 0.3) is 0 Å². The van der Waals surface area contributed by atoms with Gasteiger partial charge in [0.15, 0.2) is 0 Å². The lowest BCUT2D eigenvalue weighted by atomic mass is 9.97. The number of carbonyl (C=O) groups is 7. The van der Waals surface area contributed by atoms with Crippen molar-refractivity contribution < 1.29 is 77.3 Å². The number of hydrogen-bond acceptors (Lipinski definition) is 15. The largest absolute Gasteiger partial charge is 0.478 e. The van der Waals surface area contributed by atoms with Gasteiger partial charge in [0, 0.05) is 46.1 Å². The van der Waals surface area contributed by atoms with Crippen LogP contribution in [0.3, 0.4) is 0 Å². The molecule has 0 spiro atoms. The second kappa shape index (κ2) is 33.0. The van der Waals surface area contributed by atoms with Gasteiger partial charge in [-0.1, -0.05) is 5.92 Å². The Labute approximate surface area is 343 Å². The molecule has 1 rings (SSSR count). The van der Waals surface area contributed by atoms with E-state index in [1.54, 1.807) is 0 Å². The molecule has 1 aliphatic heterocycles. The number of rotatable bonds is 34. The number of nitrogens with one attached hydrogen (secondary N) is 5. The Kier molecular flexibility index (Phi) is 29.2. The molecule has 0 fully saturated rings. The molecule has 0 aliphatic carbocycles. The first-order chi connectivity index (χ1) is 28.4. The molecule has 3 atom stereocenters. The lowest BCUT2D eigenvalue weighted by Crippen LogP contribution is -2.52. The molecule has 0 aromatic carbocycles. The first kappa shape index (κ1) is 52.1. The van der Waals surface area contributed by atoms with E-state index in [0.717, 1.165) is 4.90 Å². The van der Waals surface area contributed by atoms with Crippen LogP contribution in [-0.4, -0.2) is 192 Å². The van der Waals surface area contributed by atoms with Crippen molar-refractivity contribution in [3.8, 4) is 12.3 Å². The first-order valence-corrected chi connectivity index (χ1v) is 19.2. The average Bonchev–Trinajstić information content (AvgIpc) is 3.20. The third kappa shape index (κ3) is 26.0. The maximum atomic E-state index is 13.0. The van der Waals surface area contributed by atoms with E-state index in [-0.39, 0.29) is 96.6 Å². The molecule has 0 radical (unpaired) electrons. The monoisotopic (exact) mass is 844 g/mol. The third-order valence-corrected chi connectivity index (χ3v) is 7.95. The highest BCUT2D eigenvalue weighted by atomic mass is 16.6. The molecule has 1 heterocycles. The Morgan fingerprint density at radius 2 is 1.34 bits per heavy atom. The van der Waals surface area contributed by atoms with Gasteiger partial charge in [-0.05, 0) is 25.3 Å². The summed E-state index contributed by atoms with van der Waals surface area (Å²) in [6.45, 7) is 1.62. The Balaban J connectivity index is 2.54. The zero-order valence-corrected chi connectivity index (χ0v) is 33.5. The predicted molar refractivity (Wildman–Crippen MR) is 206 cm³/mol. The zero-order valence-electron chi connectivity index (χ0n) is 33.5. The van der Waals surface area contributed by atoms with Crippen molar-refractivity contribution >= 4 is 41.4 Å². The fraction of sp³-hybridized carbons (Fsp3) is 0.703. The number of nitrogens with zero attached hydrogens (tertiary/aromatic N) is 1. The molecule has 334 valence electrons. The number of aliphatic carboxylic acids is 1. The highest BCUT2D eigenvalue weighted by molar-refractivity contribution is 5.89. The molecule has 1 aliphatic rings. The van der Waals surface area contributed by atoms with E-state index in [4.69, 9.17) is 40.0 Å². The molecule has 0 saturated heterocycles. The van der Waals surface area contributed by atoms with Crippen LogP contribution < -0.4 is 26.6 Å². The number of amides is 6. The van der Waals surface area contributed by atoms with Crippen LogP contribution in [0.1, 0.15) is 39.0 Å². The summed E-state index contributed by atoms with van der Waals surface area (Å²) in [5, 5.41) is 40.7. The van der Waals surface area contributed by atoms with E-state index >= 15 is 0 Å². The minimum absolute atomic E-state index is 0.00362. The SMILES string of the molecule is C#CCOCCOCCOCCOCCC(=O)N(CC(=O)NCCCNC(=O)CO)CC(=O)NCCCNC(=O)CO[C@H](CCO)[C@@H]1OC(C(=O)O)=CC[C@H]1NC(C)=O. The Morgan fingerprint density at radius 3 is 1.85 bits per heavy atom. The molecule has 22 nitrogen and oxygen atoms in total. The quantitative estimate of drug-likeness (QED) is 0.0227. The van der Waals surface area contributed by atoms with Crippen molar-refractivity contribution in [2.75, 3.05) is 112 Å². The summed E-state index contributed by atoms with van der Waals surface area (Å²) >= 11 is 0. The highest BCUT2D eigenvalue weighted by Gasteiger charge is 2.37. The minimum Gasteiger partial charge on any atom is -0.478 e. The summed E-state index contributed by atoms with van der Waals surface area (Å²) in [6, 6.07) is -0.662. The van der Waals surface area contributed by atoms with Gasteiger partial charge in [0.1, 0.15) is 39.0 Å². The lowest BCUT2D eigenvalue weighted by molar-refractivity contribution is -0.146. The van der Waals surface area contributed by atoms with Crippen LogP contribution in [0, 0.1) is 12.3 Å². The molecular weight excluding hydrogens is 784 g/mol. The van der Waals surface area contributed by atoms with E-state index in [1.165, 1.54) is 13.0 Å². The number of carboxylic acid groups (broad SMARTS) is 1. The van der Waals surface area contributed by atoms with Crippen molar-refractivity contribution in [2.24, 2.45) is 0 Å². The van der Waals surface area contributed by atoms with E-state index in [2.05, 4.69) is 32.5 Å². The topological polar surface area (TPSA) is 299 Å². The van der Waals surface area contributed by atoms with Gasteiger partial charge in [-0.2, -0.15) is 0 Å². The molecule has 0 saturated carbocycles. The lowest BCUT2D eigenvalue weighted by Gasteiger charge is -2.36. The third-order valence-electron chi connectivity index (χ3n) is 7.95. The van der Waals surface area contributed by atoms with Crippen LogP contribution in [0.25, 0.3) is 0 Å². The Hall–Kier alpha value is -4.89. The second-order valence-electron chi connectivity index (χ2n) is 12.7. The van der Waals surface area contributed by atoms with Crippen LogP contribution >= 0.6 is 0 Å². The van der Waals surface area contributed by atoms with Crippen molar-refractivity contribution in [3.05, 3.63) is 11.8 Å². The number of carboxylic acids is 1. The number of terminal acetylenes is 1. The van der Waals surface area contributed by atoms with Crippen LogP contribution in [0.2, 0.25) is 0 Å². The van der Waals surface area contributed by atoms with Crippen molar-refractivity contribution in [2.45, 2.75) is 57.3 Å². The van der Waals surface area contributed by atoms with Gasteiger partial charge in [0.05, 0.1) is 64.8 Å². The summed E-state index contributed by atoms with van der Waals surface area (Å²) < 4.78 is 32.5. The smallest absolute Gasteiger partial charge is 0.370 e. The molecular formula is C37H60N6O16.